The largest absolute Gasteiger partial charge is 0.329 e. The van der Waals surface area contributed by atoms with Crippen molar-refractivity contribution in [2.24, 2.45) is 5.73 Å². The number of carbonyl (C=O) groups excluding carboxylic acids is 1. The molecule has 1 aromatic rings. The van der Waals surface area contributed by atoms with Gasteiger partial charge in [0.05, 0.1) is 11.6 Å². The first-order valence-electron chi connectivity index (χ1n) is 5.98. The van der Waals surface area contributed by atoms with Crippen LogP contribution in [0.4, 0.5) is 9.18 Å². The Hall–Kier alpha value is -1.62. The summed E-state index contributed by atoms with van der Waals surface area (Å²) >= 11 is 0. The normalized spacial score (nSPS) is 20.1. The molecule has 1 aromatic carbocycles. The maximum absolute atomic E-state index is 12.9. The van der Waals surface area contributed by atoms with E-state index in [-0.39, 0.29) is 23.4 Å². The lowest BCUT2D eigenvalue weighted by Gasteiger charge is -2.33. The maximum Gasteiger partial charge on any atom is 0.318 e. The summed E-state index contributed by atoms with van der Waals surface area (Å²) in [7, 11) is 0. The van der Waals surface area contributed by atoms with Gasteiger partial charge in [0.15, 0.2) is 0 Å². The summed E-state index contributed by atoms with van der Waals surface area (Å²) in [5.41, 5.74) is 6.21. The highest BCUT2D eigenvalue weighted by atomic mass is 19.1. The molecule has 4 nitrogen and oxygen atoms in total. The molecule has 1 unspecified atom stereocenters. The predicted octanol–water partition coefficient (Wildman–Crippen LogP) is 1.63. The predicted molar refractivity (Wildman–Crippen MR) is 67.5 cm³/mol. The van der Waals surface area contributed by atoms with Crippen LogP contribution >= 0.6 is 0 Å². The van der Waals surface area contributed by atoms with Crippen molar-refractivity contribution in [1.82, 2.24) is 10.2 Å². The first-order chi connectivity index (χ1) is 8.44. The summed E-state index contributed by atoms with van der Waals surface area (Å²) in [4.78, 5) is 13.6. The Kier molecular flexibility index (Phi) is 3.26. The molecule has 5 heteroatoms. The maximum atomic E-state index is 12.9. The topological polar surface area (TPSA) is 58.4 Å². The van der Waals surface area contributed by atoms with Crippen molar-refractivity contribution < 1.29 is 9.18 Å². The first-order valence-corrected chi connectivity index (χ1v) is 5.98. The van der Waals surface area contributed by atoms with Crippen molar-refractivity contribution in [3.63, 3.8) is 0 Å². The number of rotatable bonds is 3. The Morgan fingerprint density at radius 1 is 1.44 bits per heavy atom. The summed E-state index contributed by atoms with van der Waals surface area (Å²) in [6, 6.07) is 5.96. The second-order valence-electron chi connectivity index (χ2n) is 5.18. The van der Waals surface area contributed by atoms with E-state index in [0.29, 0.717) is 13.1 Å². The lowest BCUT2D eigenvalue weighted by atomic mass is 10.0. The highest BCUT2D eigenvalue weighted by Crippen LogP contribution is 2.25. The number of benzene rings is 1. The van der Waals surface area contributed by atoms with Crippen LogP contribution in [0, 0.1) is 5.82 Å². The van der Waals surface area contributed by atoms with Gasteiger partial charge < -0.3 is 16.0 Å². The molecule has 1 aliphatic rings. The van der Waals surface area contributed by atoms with Gasteiger partial charge in [-0.25, -0.2) is 9.18 Å². The standard InChI is InChI=1S/C13H18FN3O/c1-13(2,8-15)17-7-11(16-12(17)18)9-3-5-10(14)6-4-9/h3-6,11H,7-8,15H2,1-2H3,(H,16,18). The molecule has 0 spiro atoms. The number of amides is 2. The fraction of sp³-hybridized carbons (Fsp3) is 0.462. The second-order valence-corrected chi connectivity index (χ2v) is 5.18. The van der Waals surface area contributed by atoms with Gasteiger partial charge in [-0.3, -0.25) is 0 Å². The van der Waals surface area contributed by atoms with Crippen LogP contribution in [0.25, 0.3) is 0 Å². The fourth-order valence-electron chi connectivity index (χ4n) is 2.05. The van der Waals surface area contributed by atoms with Gasteiger partial charge >= 0.3 is 6.03 Å². The molecule has 2 rings (SSSR count). The summed E-state index contributed by atoms with van der Waals surface area (Å²) in [6.07, 6.45) is 0. The highest BCUT2D eigenvalue weighted by Gasteiger charge is 2.38. The van der Waals surface area contributed by atoms with Crippen molar-refractivity contribution >= 4 is 6.03 Å². The molecular formula is C13H18FN3O. The van der Waals surface area contributed by atoms with E-state index in [2.05, 4.69) is 5.32 Å². The van der Waals surface area contributed by atoms with E-state index < -0.39 is 0 Å². The molecule has 0 saturated carbocycles. The molecule has 0 aliphatic carbocycles. The minimum absolute atomic E-state index is 0.107. The van der Waals surface area contributed by atoms with Gasteiger partial charge in [0.1, 0.15) is 5.82 Å². The van der Waals surface area contributed by atoms with Crippen LogP contribution in [0.2, 0.25) is 0 Å². The monoisotopic (exact) mass is 251 g/mol. The number of nitrogens with one attached hydrogen (secondary N) is 1. The fourth-order valence-corrected chi connectivity index (χ4v) is 2.05. The van der Waals surface area contributed by atoms with E-state index in [0.717, 1.165) is 5.56 Å². The van der Waals surface area contributed by atoms with Gasteiger partial charge in [-0.05, 0) is 31.5 Å². The van der Waals surface area contributed by atoms with Crippen LogP contribution < -0.4 is 11.1 Å². The molecule has 1 heterocycles. The lowest BCUT2D eigenvalue weighted by molar-refractivity contribution is 0.163. The molecule has 1 saturated heterocycles. The van der Waals surface area contributed by atoms with Crippen molar-refractivity contribution in [3.8, 4) is 0 Å². The van der Waals surface area contributed by atoms with Gasteiger partial charge in [-0.1, -0.05) is 12.1 Å². The Balaban J connectivity index is 2.16. The number of halogens is 1. The van der Waals surface area contributed by atoms with Gasteiger partial charge in [-0.15, -0.1) is 0 Å². The third-order valence-corrected chi connectivity index (χ3v) is 3.41. The molecule has 3 N–H and O–H groups in total. The zero-order valence-electron chi connectivity index (χ0n) is 10.6. The third kappa shape index (κ3) is 2.31. The van der Waals surface area contributed by atoms with E-state index in [1.54, 1.807) is 17.0 Å². The molecule has 0 aromatic heterocycles. The van der Waals surface area contributed by atoms with Crippen LogP contribution in [0.15, 0.2) is 24.3 Å². The summed E-state index contributed by atoms with van der Waals surface area (Å²) < 4.78 is 12.9. The van der Waals surface area contributed by atoms with E-state index in [1.807, 2.05) is 13.8 Å². The quantitative estimate of drug-likeness (QED) is 0.857. The number of hydrogen-bond donors (Lipinski definition) is 2. The van der Waals surface area contributed by atoms with Crippen LogP contribution in [0.3, 0.4) is 0 Å². The first kappa shape index (κ1) is 12.8. The Labute approximate surface area is 106 Å². The summed E-state index contributed by atoms with van der Waals surface area (Å²) in [5.74, 6) is -0.276. The van der Waals surface area contributed by atoms with Crippen LogP contribution in [0.5, 0.6) is 0 Å². The molecule has 1 aliphatic heterocycles. The Bertz CT molecular complexity index is 444. The zero-order chi connectivity index (χ0) is 13.3. The van der Waals surface area contributed by atoms with Crippen molar-refractivity contribution in [1.29, 1.82) is 0 Å². The molecule has 0 radical (unpaired) electrons. The Morgan fingerprint density at radius 2 is 2.06 bits per heavy atom. The number of carbonyl (C=O) groups is 1. The SMILES string of the molecule is CC(C)(CN)N1CC(c2ccc(F)cc2)NC1=O. The van der Waals surface area contributed by atoms with E-state index in [1.165, 1.54) is 12.1 Å². The van der Waals surface area contributed by atoms with Crippen molar-refractivity contribution in [2.45, 2.75) is 25.4 Å². The van der Waals surface area contributed by atoms with Crippen LogP contribution in [-0.4, -0.2) is 29.6 Å². The average molecular weight is 251 g/mol. The second kappa shape index (κ2) is 4.57. The third-order valence-electron chi connectivity index (χ3n) is 3.41. The zero-order valence-corrected chi connectivity index (χ0v) is 10.6. The highest BCUT2D eigenvalue weighted by molar-refractivity contribution is 5.78. The molecular weight excluding hydrogens is 233 g/mol. The molecule has 1 fully saturated rings. The van der Waals surface area contributed by atoms with Gasteiger partial charge in [-0.2, -0.15) is 0 Å². The molecule has 2 amide bonds. The van der Waals surface area contributed by atoms with Gasteiger partial charge in [0.25, 0.3) is 0 Å². The summed E-state index contributed by atoms with van der Waals surface area (Å²) in [5, 5.41) is 2.89. The van der Waals surface area contributed by atoms with Crippen molar-refractivity contribution in [3.05, 3.63) is 35.6 Å². The lowest BCUT2D eigenvalue weighted by Crippen LogP contribution is -2.50. The minimum atomic E-state index is -0.376. The number of hydrogen-bond acceptors (Lipinski definition) is 2. The number of urea groups is 1. The molecule has 98 valence electrons. The summed E-state index contributed by atoms with van der Waals surface area (Å²) in [6.45, 7) is 4.81. The number of nitrogens with two attached hydrogens (primary N) is 1. The van der Waals surface area contributed by atoms with Gasteiger partial charge in [0.2, 0.25) is 0 Å². The average Bonchev–Trinajstić information content (AvgIpc) is 2.73. The van der Waals surface area contributed by atoms with E-state index in [4.69, 9.17) is 5.73 Å². The molecule has 1 atom stereocenters. The minimum Gasteiger partial charge on any atom is -0.329 e. The van der Waals surface area contributed by atoms with Crippen molar-refractivity contribution in [2.75, 3.05) is 13.1 Å². The van der Waals surface area contributed by atoms with E-state index >= 15 is 0 Å². The van der Waals surface area contributed by atoms with Gasteiger partial charge in [0, 0.05) is 13.1 Å². The van der Waals surface area contributed by atoms with Crippen LogP contribution in [-0.2, 0) is 0 Å². The van der Waals surface area contributed by atoms with E-state index in [9.17, 15) is 9.18 Å². The number of nitrogens with zero attached hydrogens (tertiary/aromatic N) is 1. The molecule has 18 heavy (non-hydrogen) atoms. The smallest absolute Gasteiger partial charge is 0.318 e. The Morgan fingerprint density at radius 3 is 2.61 bits per heavy atom. The van der Waals surface area contributed by atoms with Crippen LogP contribution in [0.1, 0.15) is 25.5 Å². The molecule has 0 bridgehead atoms.